The number of phenolic OH excluding ortho intramolecular Hbond substituents is 1. The third kappa shape index (κ3) is 3.71. The third-order valence-electron chi connectivity index (χ3n) is 4.14. The highest BCUT2D eigenvalue weighted by atomic mass is 16.3. The van der Waals surface area contributed by atoms with Crippen LogP contribution in [0, 0.1) is 6.92 Å². The van der Waals surface area contributed by atoms with E-state index in [1.165, 1.54) is 25.9 Å². The van der Waals surface area contributed by atoms with Gasteiger partial charge in [-0.1, -0.05) is 12.1 Å². The van der Waals surface area contributed by atoms with Crippen LogP contribution in [0.15, 0.2) is 18.2 Å². The fourth-order valence-electron chi connectivity index (χ4n) is 2.79. The molecule has 0 bridgehead atoms. The van der Waals surface area contributed by atoms with Gasteiger partial charge in [-0.3, -0.25) is 4.90 Å². The molecule has 3 heteroatoms. The van der Waals surface area contributed by atoms with Crippen LogP contribution in [-0.4, -0.2) is 35.7 Å². The number of nitrogens with zero attached hydrogens (tertiary/aromatic N) is 1. The van der Waals surface area contributed by atoms with Crippen LogP contribution in [0.3, 0.4) is 0 Å². The number of hydrogen-bond acceptors (Lipinski definition) is 3. The maximum Gasteiger partial charge on any atom is 0.120 e. The van der Waals surface area contributed by atoms with E-state index in [0.29, 0.717) is 11.8 Å². The molecular formula is C16H26N2O. The highest BCUT2D eigenvalue weighted by molar-refractivity contribution is 5.37. The Labute approximate surface area is 116 Å². The second kappa shape index (κ2) is 6.40. The van der Waals surface area contributed by atoms with Crippen molar-refractivity contribution >= 4 is 0 Å². The standard InChI is InChI=1S/C16H26N2O/c1-12-6-7-15(16(19)10-12)14(3)17-11-13(2)18-8-4-5-9-18/h6-7,10,13-14,17,19H,4-5,8-9,11H2,1-3H3. The Kier molecular flexibility index (Phi) is 4.83. The van der Waals surface area contributed by atoms with Crippen molar-refractivity contribution in [2.24, 2.45) is 0 Å². The van der Waals surface area contributed by atoms with E-state index < -0.39 is 0 Å². The predicted octanol–water partition coefficient (Wildman–Crippen LogP) is 2.84. The Balaban J connectivity index is 1.88. The van der Waals surface area contributed by atoms with Gasteiger partial charge in [-0.25, -0.2) is 0 Å². The van der Waals surface area contributed by atoms with E-state index in [-0.39, 0.29) is 6.04 Å². The lowest BCUT2D eigenvalue weighted by Crippen LogP contribution is -2.39. The maximum absolute atomic E-state index is 9.99. The molecule has 0 spiro atoms. The van der Waals surface area contributed by atoms with Crippen molar-refractivity contribution in [1.29, 1.82) is 0 Å². The lowest BCUT2D eigenvalue weighted by molar-refractivity contribution is 0.247. The van der Waals surface area contributed by atoms with Gasteiger partial charge in [0.15, 0.2) is 0 Å². The van der Waals surface area contributed by atoms with Gasteiger partial charge in [-0.05, 0) is 58.3 Å². The summed E-state index contributed by atoms with van der Waals surface area (Å²) in [4.78, 5) is 2.54. The lowest BCUT2D eigenvalue weighted by atomic mass is 10.0. The van der Waals surface area contributed by atoms with Gasteiger partial charge in [0.25, 0.3) is 0 Å². The van der Waals surface area contributed by atoms with Crippen LogP contribution in [0.1, 0.15) is 43.9 Å². The first-order valence-corrected chi connectivity index (χ1v) is 7.35. The number of hydrogen-bond donors (Lipinski definition) is 2. The minimum Gasteiger partial charge on any atom is -0.508 e. The van der Waals surface area contributed by atoms with Crippen LogP contribution in [-0.2, 0) is 0 Å². The molecule has 1 aromatic rings. The van der Waals surface area contributed by atoms with E-state index in [1.807, 2.05) is 19.1 Å². The van der Waals surface area contributed by atoms with E-state index in [9.17, 15) is 5.11 Å². The van der Waals surface area contributed by atoms with Gasteiger partial charge in [0, 0.05) is 24.2 Å². The summed E-state index contributed by atoms with van der Waals surface area (Å²) in [5.74, 6) is 0.397. The summed E-state index contributed by atoms with van der Waals surface area (Å²) in [6.45, 7) is 9.81. The summed E-state index contributed by atoms with van der Waals surface area (Å²) in [6.07, 6.45) is 2.66. The summed E-state index contributed by atoms with van der Waals surface area (Å²) < 4.78 is 0. The fraction of sp³-hybridized carbons (Fsp3) is 0.625. The Morgan fingerprint density at radius 1 is 1.26 bits per heavy atom. The Hall–Kier alpha value is -1.06. The van der Waals surface area contributed by atoms with Gasteiger partial charge in [0.05, 0.1) is 0 Å². The molecule has 0 aliphatic carbocycles. The summed E-state index contributed by atoms with van der Waals surface area (Å²) in [5, 5.41) is 13.5. The van der Waals surface area contributed by atoms with E-state index in [1.54, 1.807) is 0 Å². The van der Waals surface area contributed by atoms with Crippen molar-refractivity contribution in [3.05, 3.63) is 29.3 Å². The average Bonchev–Trinajstić information content (AvgIpc) is 2.89. The van der Waals surface area contributed by atoms with E-state index >= 15 is 0 Å². The molecule has 1 saturated heterocycles. The molecule has 106 valence electrons. The maximum atomic E-state index is 9.99. The molecule has 0 amide bonds. The van der Waals surface area contributed by atoms with Crippen molar-refractivity contribution in [3.63, 3.8) is 0 Å². The molecule has 19 heavy (non-hydrogen) atoms. The van der Waals surface area contributed by atoms with Crippen molar-refractivity contribution < 1.29 is 5.11 Å². The molecule has 0 saturated carbocycles. The quantitative estimate of drug-likeness (QED) is 0.856. The number of likely N-dealkylation sites (tertiary alicyclic amines) is 1. The number of aromatic hydroxyl groups is 1. The number of rotatable bonds is 5. The summed E-state index contributed by atoms with van der Waals surface area (Å²) in [5.41, 5.74) is 2.08. The number of aryl methyl sites for hydroxylation is 1. The number of nitrogens with one attached hydrogen (secondary N) is 1. The molecule has 1 aromatic carbocycles. The zero-order valence-corrected chi connectivity index (χ0v) is 12.3. The second-order valence-corrected chi connectivity index (χ2v) is 5.78. The second-order valence-electron chi connectivity index (χ2n) is 5.78. The number of phenols is 1. The molecule has 0 radical (unpaired) electrons. The molecule has 2 rings (SSSR count). The van der Waals surface area contributed by atoms with Crippen LogP contribution in [0.2, 0.25) is 0 Å². The topological polar surface area (TPSA) is 35.5 Å². The van der Waals surface area contributed by atoms with Gasteiger partial charge in [-0.2, -0.15) is 0 Å². The monoisotopic (exact) mass is 262 g/mol. The van der Waals surface area contributed by atoms with Crippen molar-refractivity contribution in [2.45, 2.75) is 45.7 Å². The Morgan fingerprint density at radius 2 is 1.95 bits per heavy atom. The summed E-state index contributed by atoms with van der Waals surface area (Å²) in [7, 11) is 0. The lowest BCUT2D eigenvalue weighted by Gasteiger charge is -2.26. The van der Waals surface area contributed by atoms with Gasteiger partial charge in [0.1, 0.15) is 5.75 Å². The molecule has 2 N–H and O–H groups in total. The van der Waals surface area contributed by atoms with Gasteiger partial charge in [0.2, 0.25) is 0 Å². The fourth-order valence-corrected chi connectivity index (χ4v) is 2.79. The largest absolute Gasteiger partial charge is 0.508 e. The molecule has 0 aromatic heterocycles. The van der Waals surface area contributed by atoms with Crippen molar-refractivity contribution in [2.75, 3.05) is 19.6 Å². The first kappa shape index (κ1) is 14.4. The first-order chi connectivity index (χ1) is 9.08. The Bertz CT molecular complexity index is 413. The molecular weight excluding hydrogens is 236 g/mol. The molecule has 2 atom stereocenters. The van der Waals surface area contributed by atoms with Crippen LogP contribution < -0.4 is 5.32 Å². The highest BCUT2D eigenvalue weighted by Crippen LogP contribution is 2.25. The van der Waals surface area contributed by atoms with Crippen LogP contribution in [0.5, 0.6) is 5.75 Å². The van der Waals surface area contributed by atoms with E-state index in [0.717, 1.165) is 17.7 Å². The summed E-state index contributed by atoms with van der Waals surface area (Å²) >= 11 is 0. The summed E-state index contributed by atoms with van der Waals surface area (Å²) in [6, 6.07) is 6.65. The number of benzene rings is 1. The first-order valence-electron chi connectivity index (χ1n) is 7.35. The third-order valence-corrected chi connectivity index (χ3v) is 4.14. The molecule has 1 aliphatic heterocycles. The van der Waals surface area contributed by atoms with E-state index in [4.69, 9.17) is 0 Å². The minimum absolute atomic E-state index is 0.186. The van der Waals surface area contributed by atoms with Crippen LogP contribution in [0.25, 0.3) is 0 Å². The zero-order chi connectivity index (χ0) is 13.8. The predicted molar refractivity (Wildman–Crippen MR) is 79.5 cm³/mol. The molecule has 1 heterocycles. The Morgan fingerprint density at radius 3 is 2.58 bits per heavy atom. The van der Waals surface area contributed by atoms with Crippen LogP contribution >= 0.6 is 0 Å². The van der Waals surface area contributed by atoms with Crippen molar-refractivity contribution in [3.8, 4) is 5.75 Å². The normalized spacial score (nSPS) is 19.5. The van der Waals surface area contributed by atoms with Gasteiger partial charge in [-0.15, -0.1) is 0 Å². The zero-order valence-electron chi connectivity index (χ0n) is 12.3. The SMILES string of the molecule is Cc1ccc(C(C)NCC(C)N2CCCC2)c(O)c1. The average molecular weight is 262 g/mol. The molecule has 3 nitrogen and oxygen atoms in total. The smallest absolute Gasteiger partial charge is 0.120 e. The molecule has 1 aliphatic rings. The van der Waals surface area contributed by atoms with Gasteiger partial charge >= 0.3 is 0 Å². The molecule has 2 unspecified atom stereocenters. The van der Waals surface area contributed by atoms with Gasteiger partial charge < -0.3 is 10.4 Å². The molecule has 1 fully saturated rings. The highest BCUT2D eigenvalue weighted by Gasteiger charge is 2.19. The van der Waals surface area contributed by atoms with E-state index in [2.05, 4.69) is 30.1 Å². The van der Waals surface area contributed by atoms with Crippen molar-refractivity contribution in [1.82, 2.24) is 10.2 Å². The minimum atomic E-state index is 0.186. The van der Waals surface area contributed by atoms with Crippen LogP contribution in [0.4, 0.5) is 0 Å².